The fraction of sp³-hybridized carbons (Fsp3) is 0.267. The largest absolute Gasteiger partial charge is 0.467 e. The summed E-state index contributed by atoms with van der Waals surface area (Å²) in [4.78, 5) is 0. The number of aryl methyl sites for hydroxylation is 1. The number of sulfonamides is 1. The number of hydrogen-bond acceptors (Lipinski definition) is 4. The quantitative estimate of drug-likeness (QED) is 0.876. The molecule has 1 atom stereocenters. The van der Waals surface area contributed by atoms with Crippen molar-refractivity contribution in [1.29, 1.82) is 0 Å². The predicted molar refractivity (Wildman–Crippen MR) is 80.5 cm³/mol. The summed E-state index contributed by atoms with van der Waals surface area (Å²) in [5.74, 6) is 0.604. The van der Waals surface area contributed by atoms with Crippen LogP contribution in [0.5, 0.6) is 0 Å². The van der Waals surface area contributed by atoms with Gasteiger partial charge in [0.1, 0.15) is 11.8 Å². The van der Waals surface area contributed by atoms with Crippen molar-refractivity contribution in [2.45, 2.75) is 19.4 Å². The molecule has 0 saturated heterocycles. The number of rotatable bonds is 3. The third-order valence-electron chi connectivity index (χ3n) is 3.44. The number of furan rings is 1. The van der Waals surface area contributed by atoms with E-state index in [2.05, 4.69) is 5.10 Å². The van der Waals surface area contributed by atoms with Crippen molar-refractivity contribution in [3.05, 3.63) is 59.5 Å². The third kappa shape index (κ3) is 2.71. The monoisotopic (exact) mass is 304 g/mol. The van der Waals surface area contributed by atoms with E-state index in [-0.39, 0.29) is 0 Å². The van der Waals surface area contributed by atoms with Crippen LogP contribution in [0.25, 0.3) is 0 Å². The summed E-state index contributed by atoms with van der Waals surface area (Å²) in [6, 6.07) is 11.0. The molecule has 1 aliphatic rings. The van der Waals surface area contributed by atoms with Crippen LogP contribution in [0.3, 0.4) is 0 Å². The van der Waals surface area contributed by atoms with Gasteiger partial charge in [0.2, 0.25) is 10.0 Å². The highest BCUT2D eigenvalue weighted by molar-refractivity contribution is 7.88. The van der Waals surface area contributed by atoms with Crippen LogP contribution in [0.1, 0.15) is 29.3 Å². The van der Waals surface area contributed by atoms with E-state index >= 15 is 0 Å². The average Bonchev–Trinajstić information content (AvgIpc) is 3.07. The second-order valence-electron chi connectivity index (χ2n) is 5.19. The molecule has 2 heterocycles. The van der Waals surface area contributed by atoms with Crippen LogP contribution >= 0.6 is 0 Å². The van der Waals surface area contributed by atoms with Crippen LogP contribution in [0.4, 0.5) is 0 Å². The molecule has 0 N–H and O–H groups in total. The van der Waals surface area contributed by atoms with Crippen molar-refractivity contribution in [3.63, 3.8) is 0 Å². The minimum Gasteiger partial charge on any atom is -0.467 e. The maximum atomic E-state index is 12.0. The second kappa shape index (κ2) is 5.04. The molecule has 0 spiro atoms. The predicted octanol–water partition coefficient (Wildman–Crippen LogP) is 2.70. The molecule has 21 heavy (non-hydrogen) atoms. The van der Waals surface area contributed by atoms with Crippen molar-refractivity contribution in [1.82, 2.24) is 4.41 Å². The van der Waals surface area contributed by atoms with Gasteiger partial charge in [0.05, 0.1) is 18.2 Å². The number of benzene rings is 1. The summed E-state index contributed by atoms with van der Waals surface area (Å²) in [6.45, 7) is 2.00. The zero-order valence-electron chi connectivity index (χ0n) is 11.9. The molecule has 0 radical (unpaired) electrons. The molecular formula is C15H16N2O3S. The fourth-order valence-corrected chi connectivity index (χ4v) is 3.37. The lowest BCUT2D eigenvalue weighted by molar-refractivity contribution is 0.322. The maximum absolute atomic E-state index is 12.0. The highest BCUT2D eigenvalue weighted by Gasteiger charge is 2.36. The van der Waals surface area contributed by atoms with Crippen LogP contribution in [0.15, 0.2) is 52.2 Å². The highest BCUT2D eigenvalue weighted by atomic mass is 32.2. The Hall–Kier alpha value is -2.08. The molecule has 0 amide bonds. The molecule has 3 rings (SSSR count). The Morgan fingerprint density at radius 2 is 2.10 bits per heavy atom. The minimum atomic E-state index is -3.44. The zero-order valence-corrected chi connectivity index (χ0v) is 12.7. The summed E-state index contributed by atoms with van der Waals surface area (Å²) < 4.78 is 30.4. The normalized spacial score (nSPS) is 18.9. The molecule has 1 unspecified atom stereocenters. The van der Waals surface area contributed by atoms with Crippen molar-refractivity contribution < 1.29 is 12.8 Å². The molecule has 1 aromatic carbocycles. The van der Waals surface area contributed by atoms with E-state index < -0.39 is 16.1 Å². The summed E-state index contributed by atoms with van der Waals surface area (Å²) in [5, 5.41) is 4.31. The Morgan fingerprint density at radius 3 is 2.71 bits per heavy atom. The number of hydrazone groups is 1. The second-order valence-corrected chi connectivity index (χ2v) is 7.03. The van der Waals surface area contributed by atoms with Crippen molar-refractivity contribution in [2.75, 3.05) is 6.26 Å². The fourth-order valence-electron chi connectivity index (χ4n) is 2.49. The SMILES string of the molecule is Cc1cccc(C2=NN(S(C)(=O)=O)C(c3ccco3)C2)c1. The van der Waals surface area contributed by atoms with E-state index in [9.17, 15) is 8.42 Å². The summed E-state index contributed by atoms with van der Waals surface area (Å²) in [7, 11) is -3.44. The summed E-state index contributed by atoms with van der Waals surface area (Å²) >= 11 is 0. The van der Waals surface area contributed by atoms with E-state index in [1.807, 2.05) is 31.2 Å². The van der Waals surface area contributed by atoms with Crippen LogP contribution in [-0.4, -0.2) is 24.8 Å². The Balaban J connectivity index is 2.01. The summed E-state index contributed by atoms with van der Waals surface area (Å²) in [6.07, 6.45) is 3.20. The van der Waals surface area contributed by atoms with Crippen LogP contribution in [0, 0.1) is 6.92 Å². The van der Waals surface area contributed by atoms with Crippen LogP contribution in [0.2, 0.25) is 0 Å². The first kappa shape index (κ1) is 13.9. The Morgan fingerprint density at radius 1 is 1.29 bits per heavy atom. The topological polar surface area (TPSA) is 62.9 Å². The Kier molecular flexibility index (Phi) is 3.33. The van der Waals surface area contributed by atoms with Crippen molar-refractivity contribution in [3.8, 4) is 0 Å². The van der Waals surface area contributed by atoms with Gasteiger partial charge in [-0.05, 0) is 24.6 Å². The smallest absolute Gasteiger partial charge is 0.247 e. The van der Waals surface area contributed by atoms with E-state index in [0.29, 0.717) is 12.2 Å². The lowest BCUT2D eigenvalue weighted by atomic mass is 10.0. The van der Waals surface area contributed by atoms with Gasteiger partial charge in [0.15, 0.2) is 0 Å². The Bertz CT molecular complexity index is 779. The molecule has 0 aliphatic carbocycles. The lowest BCUT2D eigenvalue weighted by Gasteiger charge is -2.18. The molecule has 6 heteroatoms. The van der Waals surface area contributed by atoms with Gasteiger partial charge in [0, 0.05) is 6.42 Å². The van der Waals surface area contributed by atoms with Crippen molar-refractivity contribution >= 4 is 15.7 Å². The minimum absolute atomic E-state index is 0.412. The molecule has 5 nitrogen and oxygen atoms in total. The molecule has 1 aromatic heterocycles. The first-order valence-electron chi connectivity index (χ1n) is 6.62. The third-order valence-corrected chi connectivity index (χ3v) is 4.45. The summed E-state index contributed by atoms with van der Waals surface area (Å²) in [5.41, 5.74) is 2.81. The van der Waals surface area contributed by atoms with Gasteiger partial charge in [-0.3, -0.25) is 0 Å². The molecule has 0 bridgehead atoms. The number of hydrogen-bond donors (Lipinski definition) is 0. The molecule has 2 aromatic rings. The molecule has 0 saturated carbocycles. The van der Waals surface area contributed by atoms with Gasteiger partial charge in [-0.25, -0.2) is 8.42 Å². The first-order chi connectivity index (χ1) is 9.95. The number of nitrogens with zero attached hydrogens (tertiary/aromatic N) is 2. The van der Waals surface area contributed by atoms with E-state index in [0.717, 1.165) is 27.5 Å². The molecular weight excluding hydrogens is 288 g/mol. The van der Waals surface area contributed by atoms with Gasteiger partial charge in [0.25, 0.3) is 0 Å². The molecule has 0 fully saturated rings. The van der Waals surface area contributed by atoms with Gasteiger partial charge in [-0.1, -0.05) is 29.8 Å². The van der Waals surface area contributed by atoms with E-state index in [1.165, 1.54) is 0 Å². The standard InChI is InChI=1S/C15H16N2O3S/c1-11-5-3-6-12(9-11)13-10-14(15-7-4-8-20-15)17(16-13)21(2,18)19/h3-9,14H,10H2,1-2H3. The van der Waals surface area contributed by atoms with Gasteiger partial charge >= 0.3 is 0 Å². The van der Waals surface area contributed by atoms with Gasteiger partial charge in [-0.15, -0.1) is 0 Å². The van der Waals surface area contributed by atoms with Gasteiger partial charge < -0.3 is 4.42 Å². The van der Waals surface area contributed by atoms with E-state index in [4.69, 9.17) is 4.42 Å². The van der Waals surface area contributed by atoms with Crippen LogP contribution < -0.4 is 0 Å². The van der Waals surface area contributed by atoms with E-state index in [1.54, 1.807) is 18.4 Å². The molecule has 110 valence electrons. The van der Waals surface area contributed by atoms with Crippen LogP contribution in [-0.2, 0) is 10.0 Å². The highest BCUT2D eigenvalue weighted by Crippen LogP contribution is 2.34. The molecule has 1 aliphatic heterocycles. The first-order valence-corrected chi connectivity index (χ1v) is 8.47. The lowest BCUT2D eigenvalue weighted by Crippen LogP contribution is -2.25. The Labute approximate surface area is 123 Å². The van der Waals surface area contributed by atoms with Gasteiger partial charge in [-0.2, -0.15) is 9.52 Å². The zero-order chi connectivity index (χ0) is 15.0. The average molecular weight is 304 g/mol. The van der Waals surface area contributed by atoms with Crippen molar-refractivity contribution in [2.24, 2.45) is 5.10 Å². The maximum Gasteiger partial charge on any atom is 0.247 e.